The van der Waals surface area contributed by atoms with Gasteiger partial charge in [-0.15, -0.1) is 0 Å². The van der Waals surface area contributed by atoms with Gasteiger partial charge in [-0.2, -0.15) is 5.20 Å². The highest BCUT2D eigenvalue weighted by Crippen LogP contribution is 2.48. The summed E-state index contributed by atoms with van der Waals surface area (Å²) in [6, 6.07) is 24.9. The molecule has 1 N–H and O–H groups in total. The Bertz CT molecular complexity index is 1180. The predicted molar refractivity (Wildman–Crippen MR) is 133 cm³/mol. The molecule has 8 heteroatoms. The average Bonchev–Trinajstić information content (AvgIpc) is 3.11. The highest BCUT2D eigenvalue weighted by atomic mass is 35.5. The van der Waals surface area contributed by atoms with Crippen LogP contribution in [0.5, 0.6) is 0 Å². The maximum Gasteiger partial charge on any atom is 0.312 e. The van der Waals surface area contributed by atoms with E-state index in [0.29, 0.717) is 21.2 Å². The highest BCUT2D eigenvalue weighted by molar-refractivity contribution is 7.76. The monoisotopic (exact) mass is 496 g/mol. The van der Waals surface area contributed by atoms with Crippen LogP contribution < -0.4 is 15.8 Å². The zero-order chi connectivity index (χ0) is 24.3. The number of benzene rings is 3. The lowest BCUT2D eigenvalue weighted by Gasteiger charge is -2.40. The molecule has 1 aliphatic heterocycles. The Morgan fingerprint density at radius 2 is 1.56 bits per heavy atom. The van der Waals surface area contributed by atoms with Crippen LogP contribution in [-0.2, 0) is 24.4 Å². The van der Waals surface area contributed by atoms with Crippen molar-refractivity contribution >= 4 is 41.4 Å². The molecule has 1 amide bonds. The van der Waals surface area contributed by atoms with Gasteiger partial charge in [-0.25, -0.2) is 0 Å². The molecule has 2 atom stereocenters. The van der Waals surface area contributed by atoms with Crippen molar-refractivity contribution < 1.29 is 18.9 Å². The van der Waals surface area contributed by atoms with E-state index in [1.807, 2.05) is 12.1 Å². The van der Waals surface area contributed by atoms with Crippen molar-refractivity contribution in [1.82, 2.24) is 10.2 Å². The number of nitrogens with one attached hydrogen (secondary N) is 1. The Balaban J connectivity index is 1.86. The number of halogens is 1. The van der Waals surface area contributed by atoms with Crippen LogP contribution in [0.15, 0.2) is 84.9 Å². The summed E-state index contributed by atoms with van der Waals surface area (Å²) in [6.07, 6.45) is -0.0749. The number of ether oxygens (including phenoxy) is 1. The van der Waals surface area contributed by atoms with E-state index in [2.05, 4.69) is 5.20 Å². The second kappa shape index (κ2) is 9.75. The van der Waals surface area contributed by atoms with E-state index in [1.54, 1.807) is 86.6 Å². The molecule has 176 valence electrons. The Labute approximate surface area is 204 Å². The minimum absolute atomic E-state index is 0.0749. The number of hydrogen-bond acceptors (Lipinski definition) is 4. The van der Waals surface area contributed by atoms with E-state index >= 15 is 0 Å². The van der Waals surface area contributed by atoms with Crippen molar-refractivity contribution in [2.24, 2.45) is 5.92 Å². The standard InChI is InChI=1S/C26H26ClN2O4P/c1-3-33-25(31)23-18-24(30)29(26(23,2)19-14-16-20(27)17-15-19)28-34(32,21-10-6-4-7-11-21)22-12-8-5-9-13-22/h4-17,23H,3,18H2,1-2H3,(H,28,32)/t23-,26-/m1/s1. The van der Waals surface area contributed by atoms with E-state index in [9.17, 15) is 14.2 Å². The quantitative estimate of drug-likeness (QED) is 0.387. The first kappa shape index (κ1) is 24.2. The van der Waals surface area contributed by atoms with Crippen molar-refractivity contribution in [1.29, 1.82) is 0 Å². The van der Waals surface area contributed by atoms with Crippen LogP contribution in [0.2, 0.25) is 5.02 Å². The van der Waals surface area contributed by atoms with Gasteiger partial charge in [0.1, 0.15) is 0 Å². The molecule has 4 rings (SSSR count). The normalized spacial score (nSPS) is 20.4. The molecule has 0 aliphatic carbocycles. The molecule has 1 fully saturated rings. The molecule has 0 aromatic heterocycles. The molecule has 3 aromatic carbocycles. The second-order valence-corrected chi connectivity index (χ2v) is 11.2. The van der Waals surface area contributed by atoms with E-state index in [-0.39, 0.29) is 18.9 Å². The summed E-state index contributed by atoms with van der Waals surface area (Å²) in [6.45, 7) is 3.71. The summed E-state index contributed by atoms with van der Waals surface area (Å²) < 4.78 is 20.0. The summed E-state index contributed by atoms with van der Waals surface area (Å²) in [5.41, 5.74) is -0.478. The van der Waals surface area contributed by atoms with E-state index in [1.165, 1.54) is 5.01 Å². The largest absolute Gasteiger partial charge is 0.466 e. The molecule has 6 nitrogen and oxygen atoms in total. The molecule has 34 heavy (non-hydrogen) atoms. The SMILES string of the molecule is CCOC(=O)[C@H]1CC(=O)N(NP(=O)(c2ccccc2)c2ccccc2)[C@]1(C)c1ccc(Cl)cc1. The molecule has 0 spiro atoms. The Morgan fingerprint density at radius 1 is 1.03 bits per heavy atom. The third-order valence-corrected chi connectivity index (χ3v) is 9.04. The van der Waals surface area contributed by atoms with Gasteiger partial charge in [-0.1, -0.05) is 60.1 Å². The topological polar surface area (TPSA) is 75.7 Å². The Morgan fingerprint density at radius 3 is 2.06 bits per heavy atom. The van der Waals surface area contributed by atoms with E-state index in [4.69, 9.17) is 16.3 Å². The molecular weight excluding hydrogens is 471 g/mol. The lowest BCUT2D eigenvalue weighted by Crippen LogP contribution is -2.53. The number of hydrogen-bond donors (Lipinski definition) is 1. The van der Waals surface area contributed by atoms with Crippen LogP contribution in [0, 0.1) is 5.92 Å². The van der Waals surface area contributed by atoms with Crippen LogP contribution in [-0.4, -0.2) is 23.5 Å². The molecule has 0 unspecified atom stereocenters. The molecule has 1 heterocycles. The third-order valence-electron chi connectivity index (χ3n) is 6.25. The van der Waals surface area contributed by atoms with Gasteiger partial charge in [-0.3, -0.25) is 19.2 Å². The van der Waals surface area contributed by atoms with Crippen molar-refractivity contribution in [3.63, 3.8) is 0 Å². The van der Waals surface area contributed by atoms with Crippen LogP contribution in [0.4, 0.5) is 0 Å². The fourth-order valence-corrected chi connectivity index (χ4v) is 6.83. The van der Waals surface area contributed by atoms with Gasteiger partial charge in [0.2, 0.25) is 13.2 Å². The molecular formula is C26H26ClN2O4P. The first-order chi connectivity index (χ1) is 16.3. The number of nitrogens with zero attached hydrogens (tertiary/aromatic N) is 1. The Kier molecular flexibility index (Phi) is 6.94. The van der Waals surface area contributed by atoms with Crippen molar-refractivity contribution in [2.75, 3.05) is 6.61 Å². The zero-order valence-corrected chi connectivity index (χ0v) is 20.6. The number of esters is 1. The maximum absolute atomic E-state index is 14.7. The number of carbonyl (C=O) groups excluding carboxylic acids is 2. The summed E-state index contributed by atoms with van der Waals surface area (Å²) in [5.74, 6) is -1.62. The first-order valence-electron chi connectivity index (χ1n) is 11.1. The third kappa shape index (κ3) is 4.29. The molecule has 0 radical (unpaired) electrons. The van der Waals surface area contributed by atoms with Crippen LogP contribution >= 0.6 is 18.9 Å². The van der Waals surface area contributed by atoms with Gasteiger partial charge in [0.25, 0.3) is 0 Å². The van der Waals surface area contributed by atoms with Crippen molar-refractivity contribution in [3.8, 4) is 0 Å². The van der Waals surface area contributed by atoms with E-state index in [0.717, 1.165) is 0 Å². The summed E-state index contributed by atoms with van der Waals surface area (Å²) in [5, 5.41) is 6.09. The Hall–Kier alpha value is -2.92. The smallest absolute Gasteiger partial charge is 0.312 e. The fraction of sp³-hybridized carbons (Fsp3) is 0.231. The van der Waals surface area contributed by atoms with Gasteiger partial charge in [0, 0.05) is 22.1 Å². The number of rotatable bonds is 7. The van der Waals surface area contributed by atoms with Gasteiger partial charge in [0.05, 0.1) is 18.1 Å². The van der Waals surface area contributed by atoms with Crippen LogP contribution in [0.1, 0.15) is 25.8 Å². The zero-order valence-electron chi connectivity index (χ0n) is 19.0. The molecule has 0 bridgehead atoms. The summed E-state index contributed by atoms with van der Waals surface area (Å²) >= 11 is 6.11. The van der Waals surface area contributed by atoms with Gasteiger partial charge >= 0.3 is 5.97 Å². The predicted octanol–water partition coefficient (Wildman–Crippen LogP) is 4.40. The van der Waals surface area contributed by atoms with Crippen molar-refractivity contribution in [3.05, 3.63) is 95.5 Å². The minimum atomic E-state index is -3.52. The summed E-state index contributed by atoms with van der Waals surface area (Å²) in [4.78, 5) is 26.4. The average molecular weight is 497 g/mol. The number of amides is 1. The fourth-order valence-electron chi connectivity index (χ4n) is 4.39. The van der Waals surface area contributed by atoms with Crippen molar-refractivity contribution in [2.45, 2.75) is 25.8 Å². The molecule has 3 aromatic rings. The van der Waals surface area contributed by atoms with Crippen LogP contribution in [0.3, 0.4) is 0 Å². The maximum atomic E-state index is 14.7. The summed E-state index contributed by atoms with van der Waals surface area (Å²) in [7, 11) is -3.52. The second-order valence-electron chi connectivity index (χ2n) is 8.27. The van der Waals surface area contributed by atoms with Crippen LogP contribution in [0.25, 0.3) is 0 Å². The van der Waals surface area contributed by atoms with E-state index < -0.39 is 24.7 Å². The van der Waals surface area contributed by atoms with Gasteiger partial charge < -0.3 is 4.74 Å². The number of carbonyl (C=O) groups is 2. The molecule has 0 saturated carbocycles. The van der Waals surface area contributed by atoms with Gasteiger partial charge in [0.15, 0.2) is 0 Å². The molecule has 1 aliphatic rings. The minimum Gasteiger partial charge on any atom is -0.466 e. The van der Waals surface area contributed by atoms with Gasteiger partial charge in [-0.05, 0) is 55.8 Å². The first-order valence-corrected chi connectivity index (χ1v) is 13.1. The lowest BCUT2D eigenvalue weighted by molar-refractivity contribution is -0.151. The highest BCUT2D eigenvalue weighted by Gasteiger charge is 2.56. The lowest BCUT2D eigenvalue weighted by atomic mass is 9.81. The number of hydrazine groups is 1. The molecule has 1 saturated heterocycles.